The van der Waals surface area contributed by atoms with Crippen LogP contribution < -0.4 is 4.74 Å². The molecule has 0 aliphatic heterocycles. The maximum Gasteiger partial charge on any atom is 0.143 e. The van der Waals surface area contributed by atoms with Crippen molar-refractivity contribution in [1.29, 1.82) is 0 Å². The number of hydrogen-bond donors (Lipinski definition) is 1. The third-order valence-electron chi connectivity index (χ3n) is 1.58. The number of benzene rings is 1. The second-order valence-corrected chi connectivity index (χ2v) is 3.42. The highest BCUT2D eigenvalue weighted by Gasteiger charge is 2.09. The molecular formula is C9H9Cl2FO2. The van der Waals surface area contributed by atoms with E-state index in [-0.39, 0.29) is 24.0 Å². The van der Waals surface area contributed by atoms with E-state index >= 15 is 0 Å². The molecule has 1 aromatic rings. The summed E-state index contributed by atoms with van der Waals surface area (Å²) in [5.41, 5.74) is 0.455. The Morgan fingerprint density at radius 2 is 2.07 bits per heavy atom. The molecule has 78 valence electrons. The lowest BCUT2D eigenvalue weighted by Crippen LogP contribution is -2.02. The number of halogens is 3. The molecule has 0 amide bonds. The van der Waals surface area contributed by atoms with Crippen molar-refractivity contribution in [2.24, 2.45) is 0 Å². The number of rotatable bonds is 4. The fourth-order valence-electron chi connectivity index (χ4n) is 1.03. The maximum absolute atomic E-state index is 11.9. The van der Waals surface area contributed by atoms with Gasteiger partial charge in [-0.05, 0) is 12.1 Å². The Kier molecular flexibility index (Phi) is 4.45. The summed E-state index contributed by atoms with van der Waals surface area (Å²) in [6, 6.07) is 3.01. The molecule has 0 bridgehead atoms. The van der Waals surface area contributed by atoms with Crippen molar-refractivity contribution >= 4 is 23.2 Å². The zero-order valence-corrected chi connectivity index (χ0v) is 8.78. The fraction of sp³-hybridized carbons (Fsp3) is 0.333. The predicted octanol–water partition coefficient (Wildman–Crippen LogP) is 2.83. The standard InChI is InChI=1S/C9H9Cl2FO2/c10-7-3-6(5-13)9(8(11)4-7)14-2-1-12/h3-4,13H,1-2,5H2. The van der Waals surface area contributed by atoms with E-state index in [4.69, 9.17) is 33.0 Å². The van der Waals surface area contributed by atoms with Crippen LogP contribution in [0.3, 0.4) is 0 Å². The lowest BCUT2D eigenvalue weighted by Gasteiger charge is -2.10. The Hall–Kier alpha value is -0.510. The van der Waals surface area contributed by atoms with Crippen LogP contribution in [0.2, 0.25) is 10.0 Å². The molecule has 0 aromatic heterocycles. The topological polar surface area (TPSA) is 29.5 Å². The first-order chi connectivity index (χ1) is 6.69. The van der Waals surface area contributed by atoms with E-state index in [1.54, 1.807) is 0 Å². The molecule has 1 N–H and O–H groups in total. The molecule has 0 radical (unpaired) electrons. The Balaban J connectivity index is 2.99. The van der Waals surface area contributed by atoms with Crippen LogP contribution in [0.25, 0.3) is 0 Å². The highest BCUT2D eigenvalue weighted by atomic mass is 35.5. The average Bonchev–Trinajstić information content (AvgIpc) is 2.15. The largest absolute Gasteiger partial charge is 0.489 e. The predicted molar refractivity (Wildman–Crippen MR) is 53.9 cm³/mol. The number of ether oxygens (including phenoxy) is 1. The van der Waals surface area contributed by atoms with E-state index in [9.17, 15) is 4.39 Å². The van der Waals surface area contributed by atoms with Crippen LogP contribution in [-0.4, -0.2) is 18.4 Å². The third-order valence-corrected chi connectivity index (χ3v) is 2.08. The molecule has 0 aliphatic rings. The highest BCUT2D eigenvalue weighted by molar-refractivity contribution is 6.35. The summed E-state index contributed by atoms with van der Waals surface area (Å²) in [6.07, 6.45) is 0. The highest BCUT2D eigenvalue weighted by Crippen LogP contribution is 2.32. The molecule has 0 heterocycles. The van der Waals surface area contributed by atoms with Crippen LogP contribution in [0.5, 0.6) is 5.75 Å². The Morgan fingerprint density at radius 3 is 2.64 bits per heavy atom. The van der Waals surface area contributed by atoms with Crippen LogP contribution in [0.1, 0.15) is 5.56 Å². The van der Waals surface area contributed by atoms with E-state index in [1.165, 1.54) is 12.1 Å². The fourth-order valence-corrected chi connectivity index (χ4v) is 1.62. The summed E-state index contributed by atoms with van der Waals surface area (Å²) in [7, 11) is 0. The van der Waals surface area contributed by atoms with Crippen molar-refractivity contribution in [2.45, 2.75) is 6.61 Å². The second kappa shape index (κ2) is 5.39. The second-order valence-electron chi connectivity index (χ2n) is 2.57. The number of aliphatic hydroxyl groups excluding tert-OH is 1. The SMILES string of the molecule is OCc1cc(Cl)cc(Cl)c1OCCF. The molecule has 0 spiro atoms. The zero-order valence-electron chi connectivity index (χ0n) is 7.27. The molecule has 0 atom stereocenters. The van der Waals surface area contributed by atoms with E-state index in [1.807, 2.05) is 0 Å². The first kappa shape index (κ1) is 11.6. The summed E-state index contributed by atoms with van der Waals surface area (Å²) in [6.45, 7) is -0.944. The van der Waals surface area contributed by atoms with Gasteiger partial charge < -0.3 is 9.84 Å². The molecule has 0 aliphatic carbocycles. The van der Waals surface area contributed by atoms with Gasteiger partial charge in [0.2, 0.25) is 0 Å². The number of alkyl halides is 1. The number of hydrogen-bond acceptors (Lipinski definition) is 2. The monoisotopic (exact) mass is 238 g/mol. The molecule has 2 nitrogen and oxygen atoms in total. The minimum Gasteiger partial charge on any atom is -0.489 e. The van der Waals surface area contributed by atoms with Crippen molar-refractivity contribution in [1.82, 2.24) is 0 Å². The Labute approximate surface area is 91.2 Å². The first-order valence-corrected chi connectivity index (χ1v) is 4.72. The van der Waals surface area contributed by atoms with Crippen molar-refractivity contribution in [2.75, 3.05) is 13.3 Å². The number of aliphatic hydroxyl groups is 1. The van der Waals surface area contributed by atoms with Crippen LogP contribution in [0.4, 0.5) is 4.39 Å². The van der Waals surface area contributed by atoms with Crippen molar-refractivity contribution < 1.29 is 14.2 Å². The smallest absolute Gasteiger partial charge is 0.143 e. The summed E-state index contributed by atoms with van der Waals surface area (Å²) in [5.74, 6) is 0.288. The molecule has 1 rings (SSSR count). The van der Waals surface area contributed by atoms with E-state index in [0.29, 0.717) is 10.6 Å². The molecule has 0 saturated heterocycles. The third kappa shape index (κ3) is 2.74. The van der Waals surface area contributed by atoms with Gasteiger partial charge in [0.25, 0.3) is 0 Å². The minimum absolute atomic E-state index is 0.0889. The van der Waals surface area contributed by atoms with Crippen molar-refractivity contribution in [3.05, 3.63) is 27.7 Å². The maximum atomic E-state index is 11.9. The van der Waals surface area contributed by atoms with Gasteiger partial charge in [0, 0.05) is 10.6 Å². The van der Waals surface area contributed by atoms with Crippen molar-refractivity contribution in [3.8, 4) is 5.75 Å². The van der Waals surface area contributed by atoms with Gasteiger partial charge in [-0.1, -0.05) is 23.2 Å². The Bertz CT molecular complexity index is 318. The van der Waals surface area contributed by atoms with Crippen molar-refractivity contribution in [3.63, 3.8) is 0 Å². The normalized spacial score (nSPS) is 10.3. The molecule has 5 heteroatoms. The van der Waals surface area contributed by atoms with Gasteiger partial charge in [0.1, 0.15) is 19.0 Å². The molecule has 0 saturated carbocycles. The lowest BCUT2D eigenvalue weighted by atomic mass is 10.2. The van der Waals surface area contributed by atoms with Gasteiger partial charge in [0.05, 0.1) is 11.6 Å². The van der Waals surface area contributed by atoms with Crippen LogP contribution in [0, 0.1) is 0 Å². The molecule has 0 unspecified atom stereocenters. The van der Waals surface area contributed by atoms with Gasteiger partial charge in [-0.15, -0.1) is 0 Å². The average molecular weight is 239 g/mol. The lowest BCUT2D eigenvalue weighted by molar-refractivity contribution is 0.248. The van der Waals surface area contributed by atoms with Gasteiger partial charge in [-0.25, -0.2) is 4.39 Å². The van der Waals surface area contributed by atoms with Crippen LogP contribution in [-0.2, 0) is 6.61 Å². The Morgan fingerprint density at radius 1 is 1.36 bits per heavy atom. The van der Waals surface area contributed by atoms with E-state index < -0.39 is 6.67 Å². The summed E-state index contributed by atoms with van der Waals surface area (Å²) < 4.78 is 16.9. The van der Waals surface area contributed by atoms with E-state index in [2.05, 4.69) is 0 Å². The summed E-state index contributed by atoms with van der Waals surface area (Å²) in [5, 5.41) is 9.66. The summed E-state index contributed by atoms with van der Waals surface area (Å²) >= 11 is 11.5. The summed E-state index contributed by atoms with van der Waals surface area (Å²) in [4.78, 5) is 0. The first-order valence-electron chi connectivity index (χ1n) is 3.96. The molecule has 14 heavy (non-hydrogen) atoms. The minimum atomic E-state index is -0.607. The van der Waals surface area contributed by atoms with Crippen LogP contribution >= 0.6 is 23.2 Å². The molecular weight excluding hydrogens is 230 g/mol. The van der Waals surface area contributed by atoms with Gasteiger partial charge in [-0.2, -0.15) is 0 Å². The van der Waals surface area contributed by atoms with E-state index in [0.717, 1.165) is 0 Å². The van der Waals surface area contributed by atoms with Crippen LogP contribution in [0.15, 0.2) is 12.1 Å². The van der Waals surface area contributed by atoms with Gasteiger partial charge in [0.15, 0.2) is 0 Å². The molecule has 1 aromatic carbocycles. The zero-order chi connectivity index (χ0) is 10.6. The van der Waals surface area contributed by atoms with Gasteiger partial charge in [-0.3, -0.25) is 0 Å². The van der Waals surface area contributed by atoms with Gasteiger partial charge >= 0.3 is 0 Å². The molecule has 0 fully saturated rings. The quantitative estimate of drug-likeness (QED) is 0.875.